The van der Waals surface area contributed by atoms with Crippen LogP contribution in [0.4, 0.5) is 0 Å². The van der Waals surface area contributed by atoms with Crippen molar-refractivity contribution < 1.29 is 41.4 Å². The molecular formula is LiMgMnO+3. The molecule has 0 saturated carbocycles. The Hall–Kier alpha value is 1.84. The molecule has 0 aromatic carbocycles. The number of hydrogen-bond acceptors (Lipinski definition) is 0. The van der Waals surface area contributed by atoms with E-state index in [1.807, 2.05) is 0 Å². The van der Waals surface area contributed by atoms with Crippen molar-refractivity contribution in [3.05, 3.63) is 0 Å². The van der Waals surface area contributed by atoms with E-state index in [4.69, 9.17) is 0 Å². The molecule has 0 bridgehead atoms. The smallest absolute Gasteiger partial charge is 2.00 e. The van der Waals surface area contributed by atoms with Crippen LogP contribution < -0.4 is 18.9 Å². The molecular weight excluding hydrogens is 102 g/mol. The molecule has 0 amide bonds. The molecule has 0 heterocycles. The Morgan fingerprint density at radius 3 is 1.00 bits per heavy atom. The molecule has 1 nitrogen and oxygen atoms in total. The average Bonchev–Trinajstić information content (AvgIpc) is 0. The zero-order valence-corrected chi connectivity index (χ0v) is 5.09. The van der Waals surface area contributed by atoms with E-state index in [2.05, 4.69) is 0 Å². The van der Waals surface area contributed by atoms with Crippen molar-refractivity contribution in [2.24, 2.45) is 0 Å². The number of rotatable bonds is 0. The summed E-state index contributed by atoms with van der Waals surface area (Å²) in [4.78, 5) is 0. The summed E-state index contributed by atoms with van der Waals surface area (Å²) in [6, 6.07) is 0. The van der Waals surface area contributed by atoms with Crippen LogP contribution in [0.3, 0.4) is 0 Å². The van der Waals surface area contributed by atoms with Gasteiger partial charge in [0.2, 0.25) is 0 Å². The van der Waals surface area contributed by atoms with E-state index in [-0.39, 0.29) is 64.5 Å². The van der Waals surface area contributed by atoms with Crippen LogP contribution in [0.1, 0.15) is 0 Å². The van der Waals surface area contributed by atoms with Crippen LogP contribution >= 0.6 is 0 Å². The predicted molar refractivity (Wildman–Crippen MR) is 6.44 cm³/mol. The summed E-state index contributed by atoms with van der Waals surface area (Å²) in [6.45, 7) is 0. The maximum Gasteiger partial charge on any atom is 2.00 e. The second-order valence-corrected chi connectivity index (χ2v) is 0. The summed E-state index contributed by atoms with van der Waals surface area (Å²) in [5.41, 5.74) is 0. The minimum Gasteiger partial charge on any atom is -2.00 e. The van der Waals surface area contributed by atoms with E-state index in [0.29, 0.717) is 0 Å². The van der Waals surface area contributed by atoms with Crippen molar-refractivity contribution in [2.75, 3.05) is 0 Å². The fourth-order valence-electron chi connectivity index (χ4n) is 0. The van der Waals surface area contributed by atoms with Crippen LogP contribution in [0.2, 0.25) is 0 Å². The van der Waals surface area contributed by atoms with Crippen LogP contribution in [-0.4, -0.2) is 23.1 Å². The quantitative estimate of drug-likeness (QED) is 0.284. The third-order valence-corrected chi connectivity index (χ3v) is 0. The van der Waals surface area contributed by atoms with Gasteiger partial charge in [-0.15, -0.1) is 0 Å². The van der Waals surface area contributed by atoms with Crippen molar-refractivity contribution in [1.29, 1.82) is 0 Å². The summed E-state index contributed by atoms with van der Waals surface area (Å²) < 4.78 is 0. The summed E-state index contributed by atoms with van der Waals surface area (Å²) >= 11 is 0. The molecule has 0 atom stereocenters. The molecule has 0 aromatic heterocycles. The van der Waals surface area contributed by atoms with E-state index < -0.39 is 0 Å². The van der Waals surface area contributed by atoms with Crippen LogP contribution in [0, 0.1) is 0 Å². The minimum atomic E-state index is 0. The van der Waals surface area contributed by atoms with E-state index in [0.717, 1.165) is 0 Å². The Morgan fingerprint density at radius 2 is 1.00 bits per heavy atom. The van der Waals surface area contributed by atoms with Crippen molar-refractivity contribution in [1.82, 2.24) is 0 Å². The molecule has 0 unspecified atom stereocenters. The Balaban J connectivity index is 0. The molecule has 1 radical (unpaired) electrons. The van der Waals surface area contributed by atoms with Crippen molar-refractivity contribution >= 4 is 23.1 Å². The Bertz CT molecular complexity index is 8.00. The van der Waals surface area contributed by atoms with Gasteiger partial charge in [0.15, 0.2) is 0 Å². The van der Waals surface area contributed by atoms with Gasteiger partial charge in [-0.05, 0) is 0 Å². The number of hydrogen-bond donors (Lipinski definition) is 0. The van der Waals surface area contributed by atoms with Gasteiger partial charge in [-0.2, -0.15) is 0 Å². The van der Waals surface area contributed by atoms with Crippen LogP contribution in [0.5, 0.6) is 0 Å². The van der Waals surface area contributed by atoms with Gasteiger partial charge in [-0.25, -0.2) is 0 Å². The molecule has 13 valence electrons. The topological polar surface area (TPSA) is 28.5 Å². The molecule has 0 aromatic rings. The summed E-state index contributed by atoms with van der Waals surface area (Å²) in [6.07, 6.45) is 0. The molecule has 0 aliphatic rings. The summed E-state index contributed by atoms with van der Waals surface area (Å²) in [5, 5.41) is 0. The molecule has 4 heavy (non-hydrogen) atoms. The zero-order chi connectivity index (χ0) is 0. The van der Waals surface area contributed by atoms with Crippen molar-refractivity contribution in [2.45, 2.75) is 0 Å². The third-order valence-electron chi connectivity index (χ3n) is 0. The fraction of sp³-hybridized carbons (Fsp3) is 0. The van der Waals surface area contributed by atoms with E-state index in [9.17, 15) is 0 Å². The van der Waals surface area contributed by atoms with Gasteiger partial charge in [-0.3, -0.25) is 0 Å². The first-order valence-corrected chi connectivity index (χ1v) is 0. The molecule has 0 aliphatic carbocycles. The maximum absolute atomic E-state index is 0. The SMILES string of the molecule is [Li+].[Mg+2].[Mn+2].[O-2]. The molecule has 0 aliphatic heterocycles. The van der Waals surface area contributed by atoms with E-state index in [1.165, 1.54) is 0 Å². The second-order valence-electron chi connectivity index (χ2n) is 0. The Kier molecular flexibility index (Phi) is 212. The molecule has 0 saturated heterocycles. The van der Waals surface area contributed by atoms with Gasteiger partial charge < -0.3 is 5.48 Å². The van der Waals surface area contributed by atoms with Crippen molar-refractivity contribution in [3.8, 4) is 0 Å². The first-order valence-electron chi connectivity index (χ1n) is 0. The van der Waals surface area contributed by atoms with Gasteiger partial charge in [0.25, 0.3) is 0 Å². The zero-order valence-electron chi connectivity index (χ0n) is 2.49. The molecule has 0 fully saturated rings. The van der Waals surface area contributed by atoms with Gasteiger partial charge in [0.1, 0.15) is 0 Å². The Morgan fingerprint density at radius 1 is 1.00 bits per heavy atom. The standard InChI is InChI=1S/Li.Mg.Mn.O/q+1;2*+2;-2. The molecule has 0 N–H and O–H groups in total. The molecule has 4 heteroatoms. The monoisotopic (exact) mass is 102 g/mol. The fourth-order valence-corrected chi connectivity index (χ4v) is 0. The van der Waals surface area contributed by atoms with E-state index >= 15 is 0 Å². The van der Waals surface area contributed by atoms with Gasteiger partial charge in [0, 0.05) is 0 Å². The maximum atomic E-state index is 0. The first-order chi connectivity index (χ1) is 0. The van der Waals surface area contributed by atoms with Gasteiger partial charge in [0.05, 0.1) is 0 Å². The molecule has 0 spiro atoms. The largest absolute Gasteiger partial charge is 2.00 e. The first kappa shape index (κ1) is 40.3. The molecule has 0 rings (SSSR count). The van der Waals surface area contributed by atoms with Crippen LogP contribution in [0.25, 0.3) is 0 Å². The minimum absolute atomic E-state index is 0. The second kappa shape index (κ2) is 21.1. The van der Waals surface area contributed by atoms with Crippen LogP contribution in [-0.2, 0) is 22.5 Å². The van der Waals surface area contributed by atoms with E-state index in [1.54, 1.807) is 0 Å². The van der Waals surface area contributed by atoms with Gasteiger partial charge >= 0.3 is 59.0 Å². The predicted octanol–water partition coefficient (Wildman–Crippen LogP) is -3.50. The average molecular weight is 102 g/mol. The summed E-state index contributed by atoms with van der Waals surface area (Å²) in [5.74, 6) is 0. The Labute approximate surface area is 64.0 Å². The summed E-state index contributed by atoms with van der Waals surface area (Å²) in [7, 11) is 0. The normalized spacial score (nSPS) is 0. The van der Waals surface area contributed by atoms with Gasteiger partial charge in [-0.1, -0.05) is 0 Å². The third kappa shape index (κ3) is 9.14. The van der Waals surface area contributed by atoms with Crippen LogP contribution in [0.15, 0.2) is 0 Å². The van der Waals surface area contributed by atoms with Crippen molar-refractivity contribution in [3.63, 3.8) is 0 Å².